The summed E-state index contributed by atoms with van der Waals surface area (Å²) in [6.07, 6.45) is 0. The number of fused-ring (bicyclic) bond motifs is 9. The highest BCUT2D eigenvalue weighted by Gasteiger charge is 2.50. The predicted octanol–water partition coefficient (Wildman–Crippen LogP) is 13.4. The van der Waals surface area contributed by atoms with Gasteiger partial charge in [0.25, 0.3) is 0 Å². The highest BCUT2D eigenvalue weighted by Crippen LogP contribution is 2.62. The Morgan fingerprint density at radius 2 is 0.833 bits per heavy atom. The minimum Gasteiger partial charge on any atom is -0.228 e. The molecule has 0 bridgehead atoms. The number of nitrogens with zero attached hydrogens (tertiary/aromatic N) is 4. The van der Waals surface area contributed by atoms with E-state index in [-0.39, 0.29) is 0 Å². The van der Waals surface area contributed by atoms with Crippen molar-refractivity contribution in [2.24, 2.45) is 0 Å². The van der Waals surface area contributed by atoms with Gasteiger partial charge in [0.05, 0.1) is 40.1 Å². The summed E-state index contributed by atoms with van der Waals surface area (Å²) in [5, 5.41) is 19.2. The largest absolute Gasteiger partial charge is 0.228 e. The van der Waals surface area contributed by atoms with E-state index in [4.69, 9.17) is 9.97 Å². The van der Waals surface area contributed by atoms with Crippen LogP contribution in [0.3, 0.4) is 0 Å². The summed E-state index contributed by atoms with van der Waals surface area (Å²) in [5.74, 6) is 0.686. The summed E-state index contributed by atoms with van der Waals surface area (Å²) in [6, 6.07) is 72.3. The molecule has 0 unspecified atom stereocenters. The predicted molar refractivity (Wildman–Crippen MR) is 240 cm³/mol. The van der Waals surface area contributed by atoms with Crippen molar-refractivity contribution in [3.8, 4) is 79.4 Å². The molecule has 1 aliphatic carbocycles. The lowest BCUT2D eigenvalue weighted by Gasteiger charge is -2.39. The number of nitriles is 2. The number of benzene rings is 8. The van der Waals surface area contributed by atoms with E-state index in [9.17, 15) is 10.5 Å². The van der Waals surface area contributed by atoms with Gasteiger partial charge in [-0.3, -0.25) is 0 Å². The first-order valence-electron chi connectivity index (χ1n) is 19.8. The van der Waals surface area contributed by atoms with Gasteiger partial charge in [-0.25, -0.2) is 9.97 Å². The zero-order valence-electron chi connectivity index (χ0n) is 32.2. The van der Waals surface area contributed by atoms with Crippen LogP contribution in [0.1, 0.15) is 33.4 Å². The van der Waals surface area contributed by atoms with Gasteiger partial charge in [-0.2, -0.15) is 10.5 Å². The van der Waals surface area contributed by atoms with Crippen LogP contribution in [0.25, 0.3) is 67.3 Å². The lowest BCUT2D eigenvalue weighted by Crippen LogP contribution is -2.31. The van der Waals surface area contributed by atoms with Gasteiger partial charge in [0.1, 0.15) is 0 Å². The van der Waals surface area contributed by atoms with E-state index in [1.54, 1.807) is 6.07 Å². The van der Waals surface area contributed by atoms with Gasteiger partial charge in [0.2, 0.25) is 0 Å². The Morgan fingerprint density at radius 3 is 1.42 bits per heavy atom. The van der Waals surface area contributed by atoms with Crippen molar-refractivity contribution in [3.05, 3.63) is 228 Å². The summed E-state index contributed by atoms with van der Waals surface area (Å²) in [6.45, 7) is 0. The number of rotatable bonds is 5. The van der Waals surface area contributed by atoms with Crippen molar-refractivity contribution in [1.29, 1.82) is 10.5 Å². The van der Waals surface area contributed by atoms with Crippen LogP contribution in [0.2, 0.25) is 0 Å². The van der Waals surface area contributed by atoms with Gasteiger partial charge >= 0.3 is 0 Å². The van der Waals surface area contributed by atoms with Crippen LogP contribution in [0.4, 0.5) is 0 Å². The average molecular weight is 781 g/mol. The summed E-state index contributed by atoms with van der Waals surface area (Å²) < 4.78 is 0. The van der Waals surface area contributed by atoms with Crippen LogP contribution in [0, 0.1) is 22.7 Å². The molecule has 0 radical (unpaired) electrons. The first-order valence-corrected chi connectivity index (χ1v) is 20.6. The third-order valence-electron chi connectivity index (χ3n) is 11.8. The molecule has 0 saturated carbocycles. The Kier molecular flexibility index (Phi) is 8.38. The minimum atomic E-state index is -0.524. The van der Waals surface area contributed by atoms with E-state index in [1.165, 1.54) is 43.2 Å². The lowest BCUT2D eigenvalue weighted by molar-refractivity contribution is 0.722. The standard InChI is InChI=1S/C55H32N4S/c56-33-35-27-36(34-57)29-43(28-35)38-21-19-37(20-22-38)41-23-25-46-44(30-41)45-31-42(51-32-50(39-11-3-1-4-12-39)58-54(59-51)40-13-5-2-6-14-40)24-26-47(45)55(46)48-15-7-9-17-52(48)60-53-18-10-8-16-49(53)55/h1-32H. The van der Waals surface area contributed by atoms with Gasteiger partial charge in [0.15, 0.2) is 5.82 Å². The molecule has 5 heteroatoms. The quantitative estimate of drug-likeness (QED) is 0.174. The second kappa shape index (κ2) is 14.2. The normalized spacial score (nSPS) is 12.7. The minimum absolute atomic E-state index is 0.470. The van der Waals surface area contributed by atoms with E-state index in [1.807, 2.05) is 60.3 Å². The van der Waals surface area contributed by atoms with Gasteiger partial charge in [0, 0.05) is 26.5 Å². The maximum Gasteiger partial charge on any atom is 0.160 e. The van der Waals surface area contributed by atoms with Crippen LogP contribution in [0.15, 0.2) is 204 Å². The molecule has 1 spiro atoms. The monoisotopic (exact) mass is 780 g/mol. The fraction of sp³-hybridized carbons (Fsp3) is 0.0182. The third kappa shape index (κ3) is 5.68. The molecule has 2 heterocycles. The smallest absolute Gasteiger partial charge is 0.160 e. The molecule has 0 saturated heterocycles. The van der Waals surface area contributed by atoms with Gasteiger partial charge in [-0.1, -0.05) is 157 Å². The molecule has 11 rings (SSSR count). The average Bonchev–Trinajstić information content (AvgIpc) is 3.61. The Labute approximate surface area is 352 Å². The third-order valence-corrected chi connectivity index (χ3v) is 13.0. The Bertz CT molecular complexity index is 3120. The highest BCUT2D eigenvalue weighted by molar-refractivity contribution is 7.99. The van der Waals surface area contributed by atoms with Crippen LogP contribution < -0.4 is 0 Å². The summed E-state index contributed by atoms with van der Waals surface area (Å²) >= 11 is 1.84. The maximum atomic E-state index is 9.60. The molecule has 4 nitrogen and oxygen atoms in total. The van der Waals surface area contributed by atoms with E-state index in [2.05, 4.69) is 152 Å². The molecule has 1 aliphatic heterocycles. The van der Waals surface area contributed by atoms with Crippen molar-refractivity contribution in [3.63, 3.8) is 0 Å². The second-order valence-corrected chi connectivity index (χ2v) is 16.2. The molecule has 2 aliphatic rings. The van der Waals surface area contributed by atoms with E-state index >= 15 is 0 Å². The molecule has 0 atom stereocenters. The maximum absolute atomic E-state index is 9.60. The van der Waals surface area contributed by atoms with Gasteiger partial charge < -0.3 is 0 Å². The van der Waals surface area contributed by atoms with E-state index in [0.29, 0.717) is 17.0 Å². The first-order chi connectivity index (χ1) is 29.6. The fourth-order valence-electron chi connectivity index (χ4n) is 9.09. The van der Waals surface area contributed by atoms with Crippen molar-refractivity contribution in [1.82, 2.24) is 9.97 Å². The van der Waals surface area contributed by atoms with E-state index < -0.39 is 5.41 Å². The molecule has 9 aromatic rings. The second-order valence-electron chi connectivity index (χ2n) is 15.2. The van der Waals surface area contributed by atoms with E-state index in [0.717, 1.165) is 50.3 Å². The van der Waals surface area contributed by atoms with Crippen LogP contribution in [0.5, 0.6) is 0 Å². The SMILES string of the molecule is N#Cc1cc(C#N)cc(-c2ccc(-c3ccc4c(c3)-c3cc(-c5cc(-c6ccccc6)nc(-c6ccccc6)n5)ccc3C43c4ccccc4Sc4ccccc43)cc2)c1. The fourth-order valence-corrected chi connectivity index (χ4v) is 10.3. The zero-order valence-corrected chi connectivity index (χ0v) is 33.0. The summed E-state index contributed by atoms with van der Waals surface area (Å²) in [5.41, 5.74) is 16.6. The molecule has 0 fully saturated rings. The molecule has 8 aromatic carbocycles. The van der Waals surface area contributed by atoms with Crippen molar-refractivity contribution in [2.45, 2.75) is 15.2 Å². The Hall–Kier alpha value is -7.83. The molecule has 278 valence electrons. The summed E-state index contributed by atoms with van der Waals surface area (Å²) in [4.78, 5) is 12.8. The van der Waals surface area contributed by atoms with Crippen LogP contribution >= 0.6 is 11.8 Å². The Morgan fingerprint density at radius 1 is 0.367 bits per heavy atom. The van der Waals surface area contributed by atoms with Gasteiger partial charge in [-0.15, -0.1) is 0 Å². The highest BCUT2D eigenvalue weighted by atomic mass is 32.2. The molecule has 1 aromatic heterocycles. The molecule has 0 N–H and O–H groups in total. The summed E-state index contributed by atoms with van der Waals surface area (Å²) in [7, 11) is 0. The molecular weight excluding hydrogens is 749 g/mol. The lowest BCUT2D eigenvalue weighted by atomic mass is 9.67. The first kappa shape index (κ1) is 35.3. The van der Waals surface area contributed by atoms with Crippen LogP contribution in [-0.4, -0.2) is 9.97 Å². The number of aromatic nitrogens is 2. The molecule has 0 amide bonds. The van der Waals surface area contributed by atoms with Gasteiger partial charge in [-0.05, 0) is 104 Å². The number of hydrogen-bond donors (Lipinski definition) is 0. The molecule has 60 heavy (non-hydrogen) atoms. The zero-order chi connectivity index (χ0) is 40.2. The molecular formula is C55H32N4S. The van der Waals surface area contributed by atoms with Crippen LogP contribution in [-0.2, 0) is 5.41 Å². The van der Waals surface area contributed by atoms with Crippen molar-refractivity contribution >= 4 is 11.8 Å². The number of hydrogen-bond acceptors (Lipinski definition) is 5. The Balaban J connectivity index is 1.12. The van der Waals surface area contributed by atoms with Crippen molar-refractivity contribution in [2.75, 3.05) is 0 Å². The van der Waals surface area contributed by atoms with Crippen molar-refractivity contribution < 1.29 is 0 Å². The topological polar surface area (TPSA) is 73.4 Å².